The van der Waals surface area contributed by atoms with Crippen molar-refractivity contribution >= 4 is 17.4 Å². The Labute approximate surface area is 153 Å². The molecule has 0 spiro atoms. The van der Waals surface area contributed by atoms with Crippen LogP contribution in [0.15, 0.2) is 54.7 Å². The van der Waals surface area contributed by atoms with Crippen molar-refractivity contribution in [3.05, 3.63) is 54.7 Å². The second-order valence-corrected chi connectivity index (χ2v) is 7.79. The largest absolute Gasteiger partial charge is 0.310 e. The molecule has 1 N–H and O–H groups in total. The summed E-state index contributed by atoms with van der Waals surface area (Å²) < 4.78 is 1.97. The number of benzene rings is 1. The van der Waals surface area contributed by atoms with Gasteiger partial charge in [0.1, 0.15) is 17.2 Å². The third-order valence-corrected chi connectivity index (χ3v) is 6.17. The third kappa shape index (κ3) is 2.70. The number of carbonyl (C=O) groups excluding carboxylic acids is 1. The van der Waals surface area contributed by atoms with Crippen molar-refractivity contribution in [3.63, 3.8) is 0 Å². The number of anilines is 1. The van der Waals surface area contributed by atoms with Crippen LogP contribution in [0.1, 0.15) is 32.1 Å². The van der Waals surface area contributed by atoms with E-state index >= 15 is 0 Å². The maximum atomic E-state index is 12.8. The Morgan fingerprint density at radius 3 is 2.69 bits per heavy atom. The highest BCUT2D eigenvalue weighted by Gasteiger charge is 2.40. The molecular weight excluding hydrogens is 322 g/mol. The van der Waals surface area contributed by atoms with Gasteiger partial charge < -0.3 is 5.32 Å². The average Bonchev–Trinajstić information content (AvgIpc) is 3.37. The molecule has 0 saturated heterocycles. The smallest absolute Gasteiger partial charge is 0.225 e. The Balaban J connectivity index is 1.45. The van der Waals surface area contributed by atoms with E-state index in [2.05, 4.69) is 5.32 Å². The molecular formula is C22H23N3O. The number of fused-ring (bicyclic) bond motifs is 3. The molecule has 2 aliphatic rings. The monoisotopic (exact) mass is 345 g/mol. The van der Waals surface area contributed by atoms with Gasteiger partial charge in [0, 0.05) is 18.2 Å². The normalized spacial score (nSPS) is 24.2. The molecule has 3 unspecified atom stereocenters. The van der Waals surface area contributed by atoms with E-state index in [0.717, 1.165) is 34.6 Å². The second kappa shape index (κ2) is 6.27. The van der Waals surface area contributed by atoms with Gasteiger partial charge in [0.05, 0.1) is 0 Å². The minimum Gasteiger partial charge on any atom is -0.310 e. The number of amides is 1. The van der Waals surface area contributed by atoms with Crippen molar-refractivity contribution in [1.82, 2.24) is 9.38 Å². The first-order valence-electron chi connectivity index (χ1n) is 9.60. The number of imidazole rings is 1. The van der Waals surface area contributed by atoms with Crippen LogP contribution in [0.5, 0.6) is 0 Å². The predicted molar refractivity (Wildman–Crippen MR) is 103 cm³/mol. The van der Waals surface area contributed by atoms with Crippen LogP contribution in [-0.4, -0.2) is 15.3 Å². The Bertz CT molecular complexity index is 946. The van der Waals surface area contributed by atoms with Gasteiger partial charge in [-0.1, -0.05) is 42.8 Å². The minimum absolute atomic E-state index is 0.116. The van der Waals surface area contributed by atoms with Gasteiger partial charge in [-0.25, -0.2) is 4.98 Å². The predicted octanol–water partition coefficient (Wildman–Crippen LogP) is 4.77. The van der Waals surface area contributed by atoms with Crippen molar-refractivity contribution in [3.8, 4) is 11.3 Å². The van der Waals surface area contributed by atoms with Crippen molar-refractivity contribution in [2.24, 2.45) is 17.8 Å². The van der Waals surface area contributed by atoms with Crippen molar-refractivity contribution in [1.29, 1.82) is 0 Å². The third-order valence-electron chi connectivity index (χ3n) is 6.17. The standard InChI is InChI=1S/C22H23N3O/c26-20(14-18-13-15-9-10-17(18)12-15)24-22-21(16-6-2-1-3-7-16)23-19-8-4-5-11-25(19)22/h1-8,11,15,17-18H,9-10,12-14H2,(H,24,26). The molecule has 2 fully saturated rings. The lowest BCUT2D eigenvalue weighted by molar-refractivity contribution is -0.117. The van der Waals surface area contributed by atoms with E-state index in [-0.39, 0.29) is 5.91 Å². The van der Waals surface area contributed by atoms with E-state index in [1.165, 1.54) is 25.7 Å². The number of rotatable bonds is 4. The van der Waals surface area contributed by atoms with Gasteiger partial charge in [-0.2, -0.15) is 0 Å². The first kappa shape index (κ1) is 15.6. The number of aromatic nitrogens is 2. The molecule has 26 heavy (non-hydrogen) atoms. The summed E-state index contributed by atoms with van der Waals surface area (Å²) in [6, 6.07) is 16.0. The summed E-state index contributed by atoms with van der Waals surface area (Å²) in [6.45, 7) is 0. The van der Waals surface area contributed by atoms with Gasteiger partial charge in [-0.3, -0.25) is 9.20 Å². The van der Waals surface area contributed by atoms with Crippen LogP contribution in [0.3, 0.4) is 0 Å². The van der Waals surface area contributed by atoms with E-state index < -0.39 is 0 Å². The zero-order valence-corrected chi connectivity index (χ0v) is 14.8. The molecule has 132 valence electrons. The molecule has 3 aromatic rings. The second-order valence-electron chi connectivity index (χ2n) is 7.79. The van der Waals surface area contributed by atoms with Gasteiger partial charge >= 0.3 is 0 Å². The number of hydrogen-bond acceptors (Lipinski definition) is 2. The highest BCUT2D eigenvalue weighted by atomic mass is 16.1. The minimum atomic E-state index is 0.116. The molecule has 2 aromatic heterocycles. The molecule has 0 aliphatic heterocycles. The summed E-state index contributed by atoms with van der Waals surface area (Å²) in [5.74, 6) is 3.09. The van der Waals surface area contributed by atoms with Crippen LogP contribution in [0.2, 0.25) is 0 Å². The summed E-state index contributed by atoms with van der Waals surface area (Å²) in [5.41, 5.74) is 2.70. The molecule has 2 saturated carbocycles. The molecule has 4 heteroatoms. The topological polar surface area (TPSA) is 46.4 Å². The van der Waals surface area contributed by atoms with Crippen LogP contribution in [0.25, 0.3) is 16.9 Å². The van der Waals surface area contributed by atoms with Gasteiger partial charge in [0.2, 0.25) is 5.91 Å². The first-order chi connectivity index (χ1) is 12.8. The van der Waals surface area contributed by atoms with E-state index in [1.54, 1.807) is 0 Å². The molecule has 5 rings (SSSR count). The summed E-state index contributed by atoms with van der Waals surface area (Å²) in [6.07, 6.45) is 7.85. The lowest BCUT2D eigenvalue weighted by atomic mass is 9.86. The average molecular weight is 345 g/mol. The molecule has 2 heterocycles. The number of nitrogens with one attached hydrogen (secondary N) is 1. The van der Waals surface area contributed by atoms with E-state index in [4.69, 9.17) is 4.98 Å². The fourth-order valence-electron chi connectivity index (χ4n) is 4.96. The summed E-state index contributed by atoms with van der Waals surface area (Å²) in [5, 5.41) is 3.18. The van der Waals surface area contributed by atoms with Crippen LogP contribution < -0.4 is 5.32 Å². The van der Waals surface area contributed by atoms with Gasteiger partial charge in [-0.15, -0.1) is 0 Å². The van der Waals surface area contributed by atoms with Crippen LogP contribution in [0.4, 0.5) is 5.82 Å². The fourth-order valence-corrected chi connectivity index (χ4v) is 4.96. The van der Waals surface area contributed by atoms with Crippen LogP contribution >= 0.6 is 0 Å². The highest BCUT2D eigenvalue weighted by Crippen LogP contribution is 2.49. The highest BCUT2D eigenvalue weighted by molar-refractivity contribution is 5.94. The van der Waals surface area contributed by atoms with E-state index in [1.807, 2.05) is 59.1 Å². The lowest BCUT2D eigenvalue weighted by Crippen LogP contribution is -2.21. The Kier molecular flexibility index (Phi) is 3.77. The fraction of sp³-hybridized carbons (Fsp3) is 0.364. The van der Waals surface area contributed by atoms with Crippen molar-refractivity contribution in [2.45, 2.75) is 32.1 Å². The molecule has 2 bridgehead atoms. The Morgan fingerprint density at radius 2 is 1.92 bits per heavy atom. The molecule has 3 atom stereocenters. The van der Waals surface area contributed by atoms with E-state index in [0.29, 0.717) is 12.3 Å². The number of hydrogen-bond donors (Lipinski definition) is 1. The molecule has 4 nitrogen and oxygen atoms in total. The Morgan fingerprint density at radius 1 is 1.08 bits per heavy atom. The SMILES string of the molecule is O=C(CC1CC2CCC1C2)Nc1c(-c2ccccc2)nc2ccccn12. The quantitative estimate of drug-likeness (QED) is 0.740. The first-order valence-corrected chi connectivity index (χ1v) is 9.60. The number of pyridine rings is 1. The van der Waals surface area contributed by atoms with E-state index in [9.17, 15) is 4.79 Å². The number of nitrogens with zero attached hydrogens (tertiary/aromatic N) is 2. The maximum Gasteiger partial charge on any atom is 0.225 e. The van der Waals surface area contributed by atoms with Crippen molar-refractivity contribution < 1.29 is 4.79 Å². The van der Waals surface area contributed by atoms with Gasteiger partial charge in [-0.05, 0) is 49.1 Å². The lowest BCUT2D eigenvalue weighted by Gasteiger charge is -2.21. The van der Waals surface area contributed by atoms with Crippen LogP contribution in [-0.2, 0) is 4.79 Å². The molecule has 1 aromatic carbocycles. The summed E-state index contributed by atoms with van der Waals surface area (Å²) in [7, 11) is 0. The zero-order chi connectivity index (χ0) is 17.5. The maximum absolute atomic E-state index is 12.8. The Hall–Kier alpha value is -2.62. The van der Waals surface area contributed by atoms with Gasteiger partial charge in [0.15, 0.2) is 0 Å². The molecule has 1 amide bonds. The summed E-state index contributed by atoms with van der Waals surface area (Å²) in [4.78, 5) is 17.6. The summed E-state index contributed by atoms with van der Waals surface area (Å²) >= 11 is 0. The van der Waals surface area contributed by atoms with Crippen molar-refractivity contribution in [2.75, 3.05) is 5.32 Å². The molecule has 0 radical (unpaired) electrons. The number of carbonyl (C=O) groups is 1. The van der Waals surface area contributed by atoms with Crippen LogP contribution in [0, 0.1) is 17.8 Å². The zero-order valence-electron chi connectivity index (χ0n) is 14.8. The molecule has 2 aliphatic carbocycles. The van der Waals surface area contributed by atoms with Gasteiger partial charge in [0.25, 0.3) is 0 Å².